The number of rotatable bonds is 5. The molecule has 0 aliphatic carbocycles. The first-order chi connectivity index (χ1) is 9.69. The summed E-state index contributed by atoms with van der Waals surface area (Å²) in [6, 6.07) is 5.84. The number of nitrogens with zero attached hydrogens (tertiary/aromatic N) is 1. The quantitative estimate of drug-likeness (QED) is 0.829. The van der Waals surface area contributed by atoms with Gasteiger partial charge in [0, 0.05) is 31.3 Å². The fourth-order valence-electron chi connectivity index (χ4n) is 2.19. The number of aliphatic carboxylic acids is 1. The third-order valence-corrected chi connectivity index (χ3v) is 3.21. The molecular weight excluding hydrogens is 258 g/mol. The number of ether oxygens (including phenoxy) is 2. The third-order valence-electron chi connectivity index (χ3n) is 3.21. The minimum atomic E-state index is -0.967. The molecule has 1 aromatic carbocycles. The van der Waals surface area contributed by atoms with Crippen LogP contribution in [0.3, 0.4) is 0 Å². The van der Waals surface area contributed by atoms with Gasteiger partial charge in [-0.3, -0.25) is 4.90 Å². The highest BCUT2D eigenvalue weighted by Gasteiger charge is 2.11. The zero-order chi connectivity index (χ0) is 14.4. The molecule has 0 atom stereocenters. The Labute approximate surface area is 118 Å². The molecule has 1 aliphatic heterocycles. The summed E-state index contributed by atoms with van der Waals surface area (Å²) in [4.78, 5) is 12.9. The van der Waals surface area contributed by atoms with Gasteiger partial charge in [0.25, 0.3) is 0 Å². The number of hydrogen-bond acceptors (Lipinski definition) is 4. The van der Waals surface area contributed by atoms with Gasteiger partial charge < -0.3 is 14.6 Å². The molecule has 5 heteroatoms. The molecule has 108 valence electrons. The van der Waals surface area contributed by atoms with Crippen LogP contribution in [-0.4, -0.2) is 49.4 Å². The Balaban J connectivity index is 2.13. The molecule has 2 rings (SSSR count). The van der Waals surface area contributed by atoms with E-state index in [1.165, 1.54) is 0 Å². The van der Waals surface area contributed by atoms with Crippen molar-refractivity contribution < 1.29 is 19.4 Å². The van der Waals surface area contributed by atoms with Crippen LogP contribution in [0.25, 0.3) is 6.08 Å². The second-order valence-electron chi connectivity index (χ2n) is 4.64. The summed E-state index contributed by atoms with van der Waals surface area (Å²) in [6.07, 6.45) is 2.68. The van der Waals surface area contributed by atoms with Gasteiger partial charge in [0.15, 0.2) is 0 Å². The van der Waals surface area contributed by atoms with Crippen LogP contribution in [0.1, 0.15) is 11.1 Å². The summed E-state index contributed by atoms with van der Waals surface area (Å²) in [5, 5.41) is 8.72. The largest absolute Gasteiger partial charge is 0.496 e. The molecule has 0 saturated carbocycles. The van der Waals surface area contributed by atoms with Gasteiger partial charge in [-0.15, -0.1) is 0 Å². The molecule has 0 aromatic heterocycles. The minimum Gasteiger partial charge on any atom is -0.496 e. The molecule has 20 heavy (non-hydrogen) atoms. The number of carboxylic acid groups (broad SMARTS) is 1. The topological polar surface area (TPSA) is 59.0 Å². The van der Waals surface area contributed by atoms with Crippen molar-refractivity contribution in [2.45, 2.75) is 6.54 Å². The van der Waals surface area contributed by atoms with Crippen LogP contribution in [0.5, 0.6) is 5.75 Å². The van der Waals surface area contributed by atoms with Gasteiger partial charge in [0.2, 0.25) is 0 Å². The molecule has 1 fully saturated rings. The van der Waals surface area contributed by atoms with Crippen LogP contribution in [0.15, 0.2) is 24.3 Å². The van der Waals surface area contributed by atoms with Gasteiger partial charge in [0.1, 0.15) is 5.75 Å². The summed E-state index contributed by atoms with van der Waals surface area (Å²) < 4.78 is 10.6. The molecule has 0 spiro atoms. The van der Waals surface area contributed by atoms with Crippen LogP contribution in [-0.2, 0) is 16.1 Å². The van der Waals surface area contributed by atoms with Crippen molar-refractivity contribution in [3.8, 4) is 5.75 Å². The molecule has 1 N–H and O–H groups in total. The second kappa shape index (κ2) is 7.07. The second-order valence-corrected chi connectivity index (χ2v) is 4.64. The Morgan fingerprint density at radius 1 is 1.45 bits per heavy atom. The molecule has 1 heterocycles. The van der Waals surface area contributed by atoms with Gasteiger partial charge in [-0.25, -0.2) is 4.79 Å². The lowest BCUT2D eigenvalue weighted by molar-refractivity contribution is -0.131. The van der Waals surface area contributed by atoms with Crippen molar-refractivity contribution >= 4 is 12.0 Å². The predicted molar refractivity (Wildman–Crippen MR) is 75.8 cm³/mol. The van der Waals surface area contributed by atoms with Crippen molar-refractivity contribution in [2.24, 2.45) is 0 Å². The van der Waals surface area contributed by atoms with E-state index in [0.29, 0.717) is 5.75 Å². The zero-order valence-electron chi connectivity index (χ0n) is 11.5. The summed E-state index contributed by atoms with van der Waals surface area (Å²) in [5.74, 6) is -0.293. The van der Waals surface area contributed by atoms with E-state index in [9.17, 15) is 4.79 Å². The molecule has 1 saturated heterocycles. The Kier molecular flexibility index (Phi) is 5.15. The van der Waals surface area contributed by atoms with Crippen molar-refractivity contribution in [1.29, 1.82) is 0 Å². The number of carboxylic acids is 1. The lowest BCUT2D eigenvalue weighted by Gasteiger charge is -2.26. The van der Waals surface area contributed by atoms with Gasteiger partial charge in [-0.1, -0.05) is 6.07 Å². The SMILES string of the molecule is COc1ccc(CN2CCOCC2)cc1C=CC(=O)O. The summed E-state index contributed by atoms with van der Waals surface area (Å²) in [6.45, 7) is 4.21. The van der Waals surface area contributed by atoms with Gasteiger partial charge in [0.05, 0.1) is 20.3 Å². The maximum atomic E-state index is 10.6. The van der Waals surface area contributed by atoms with Crippen LogP contribution >= 0.6 is 0 Å². The first-order valence-electron chi connectivity index (χ1n) is 6.57. The molecule has 0 bridgehead atoms. The normalized spacial score (nSPS) is 16.4. The minimum absolute atomic E-state index is 0.674. The van der Waals surface area contributed by atoms with Crippen molar-refractivity contribution in [3.63, 3.8) is 0 Å². The van der Waals surface area contributed by atoms with E-state index in [1.807, 2.05) is 18.2 Å². The van der Waals surface area contributed by atoms with E-state index in [1.54, 1.807) is 13.2 Å². The first kappa shape index (κ1) is 14.6. The molecule has 0 unspecified atom stereocenters. The van der Waals surface area contributed by atoms with E-state index < -0.39 is 5.97 Å². The Morgan fingerprint density at radius 2 is 2.20 bits per heavy atom. The van der Waals surface area contributed by atoms with E-state index >= 15 is 0 Å². The average molecular weight is 277 g/mol. The molecule has 1 aromatic rings. The highest BCUT2D eigenvalue weighted by molar-refractivity contribution is 5.85. The van der Waals surface area contributed by atoms with Gasteiger partial charge in [-0.2, -0.15) is 0 Å². The van der Waals surface area contributed by atoms with Crippen LogP contribution in [0.4, 0.5) is 0 Å². The van der Waals surface area contributed by atoms with E-state index in [4.69, 9.17) is 14.6 Å². The van der Waals surface area contributed by atoms with Crippen molar-refractivity contribution in [1.82, 2.24) is 4.90 Å². The van der Waals surface area contributed by atoms with Crippen molar-refractivity contribution in [2.75, 3.05) is 33.4 Å². The monoisotopic (exact) mass is 277 g/mol. The number of morpholine rings is 1. The molecule has 1 aliphatic rings. The fourth-order valence-corrected chi connectivity index (χ4v) is 2.19. The lowest BCUT2D eigenvalue weighted by atomic mass is 10.1. The first-order valence-corrected chi connectivity index (χ1v) is 6.57. The zero-order valence-corrected chi connectivity index (χ0v) is 11.5. The third kappa shape index (κ3) is 4.08. The number of hydrogen-bond donors (Lipinski definition) is 1. The van der Waals surface area contributed by atoms with Crippen LogP contribution < -0.4 is 4.74 Å². The van der Waals surface area contributed by atoms with E-state index in [2.05, 4.69) is 4.90 Å². The van der Waals surface area contributed by atoms with E-state index in [0.717, 1.165) is 50.1 Å². The maximum absolute atomic E-state index is 10.6. The Morgan fingerprint density at radius 3 is 2.85 bits per heavy atom. The maximum Gasteiger partial charge on any atom is 0.328 e. The van der Waals surface area contributed by atoms with Crippen molar-refractivity contribution in [3.05, 3.63) is 35.4 Å². The average Bonchev–Trinajstić information content (AvgIpc) is 2.46. The summed E-state index contributed by atoms with van der Waals surface area (Å²) in [7, 11) is 1.58. The smallest absolute Gasteiger partial charge is 0.328 e. The molecular formula is C15H19NO4. The van der Waals surface area contributed by atoms with Gasteiger partial charge in [-0.05, 0) is 23.8 Å². The number of carbonyl (C=O) groups is 1. The highest BCUT2D eigenvalue weighted by Crippen LogP contribution is 2.22. The number of methoxy groups -OCH3 is 1. The standard InChI is InChI=1S/C15H19NO4/c1-19-14-4-2-12(10-13(14)3-5-15(17)18)11-16-6-8-20-9-7-16/h2-5,10H,6-9,11H2,1H3,(H,17,18). The molecule has 0 radical (unpaired) electrons. The Hall–Kier alpha value is -1.85. The van der Waals surface area contributed by atoms with Gasteiger partial charge >= 0.3 is 5.97 Å². The fraction of sp³-hybridized carbons (Fsp3) is 0.400. The highest BCUT2D eigenvalue weighted by atomic mass is 16.5. The Bertz CT molecular complexity index is 493. The van der Waals surface area contributed by atoms with Crippen LogP contribution in [0, 0.1) is 0 Å². The molecule has 5 nitrogen and oxygen atoms in total. The van der Waals surface area contributed by atoms with Crippen LogP contribution in [0.2, 0.25) is 0 Å². The van der Waals surface area contributed by atoms with E-state index in [-0.39, 0.29) is 0 Å². The summed E-state index contributed by atoms with van der Waals surface area (Å²) >= 11 is 0. The lowest BCUT2D eigenvalue weighted by Crippen LogP contribution is -2.35. The molecule has 0 amide bonds. The number of benzene rings is 1. The predicted octanol–water partition coefficient (Wildman–Crippen LogP) is 1.63. The summed E-state index contributed by atoms with van der Waals surface area (Å²) in [5.41, 5.74) is 1.92.